The molecule has 3 unspecified atom stereocenters. The standard InChI is InChI=1S/C22H22N4O/c1-13-7-10-16(11-8-13)26-14(2)20(24-25-26)22(27)23-21-18-12-9-15-5-3-4-6-17(15)19(18)21/h3-8,10-11,18-19,21H,9,12H2,1-2H3,(H,23,27). The third-order valence-electron chi connectivity index (χ3n) is 6.02. The summed E-state index contributed by atoms with van der Waals surface area (Å²) in [7, 11) is 0. The lowest BCUT2D eigenvalue weighted by Gasteiger charge is -2.13. The molecule has 2 aliphatic rings. The molecular weight excluding hydrogens is 336 g/mol. The van der Waals surface area contributed by atoms with Crippen LogP contribution in [0.5, 0.6) is 0 Å². The van der Waals surface area contributed by atoms with Crippen LogP contribution >= 0.6 is 0 Å². The molecule has 1 saturated carbocycles. The Hall–Kier alpha value is -2.95. The smallest absolute Gasteiger partial charge is 0.274 e. The summed E-state index contributed by atoms with van der Waals surface area (Å²) >= 11 is 0. The van der Waals surface area contributed by atoms with Gasteiger partial charge in [-0.05, 0) is 55.9 Å². The van der Waals surface area contributed by atoms with Crippen molar-refractivity contribution in [1.29, 1.82) is 0 Å². The molecule has 0 radical (unpaired) electrons. The molecule has 5 nitrogen and oxygen atoms in total. The number of hydrogen-bond acceptors (Lipinski definition) is 3. The minimum absolute atomic E-state index is 0.122. The number of nitrogens with zero attached hydrogens (tertiary/aromatic N) is 3. The first-order valence-electron chi connectivity index (χ1n) is 9.51. The minimum Gasteiger partial charge on any atom is -0.347 e. The second-order valence-electron chi connectivity index (χ2n) is 7.70. The summed E-state index contributed by atoms with van der Waals surface area (Å²) < 4.78 is 1.73. The molecule has 0 aliphatic heterocycles. The van der Waals surface area contributed by atoms with Crippen LogP contribution < -0.4 is 5.32 Å². The number of aromatic nitrogens is 3. The number of nitrogens with one attached hydrogen (secondary N) is 1. The van der Waals surface area contributed by atoms with Crippen molar-refractivity contribution in [3.63, 3.8) is 0 Å². The van der Waals surface area contributed by atoms with Crippen molar-refractivity contribution < 1.29 is 4.79 Å². The molecule has 2 aliphatic carbocycles. The predicted octanol–water partition coefficient (Wildman–Crippen LogP) is 3.34. The Morgan fingerprint density at radius 2 is 1.89 bits per heavy atom. The summed E-state index contributed by atoms with van der Waals surface area (Å²) in [5, 5.41) is 11.6. The van der Waals surface area contributed by atoms with E-state index < -0.39 is 0 Å². The summed E-state index contributed by atoms with van der Waals surface area (Å²) in [5.41, 5.74) is 6.11. The fraction of sp³-hybridized carbons (Fsp3) is 0.318. The molecule has 27 heavy (non-hydrogen) atoms. The van der Waals surface area contributed by atoms with Gasteiger partial charge in [0.15, 0.2) is 5.69 Å². The van der Waals surface area contributed by atoms with Gasteiger partial charge >= 0.3 is 0 Å². The van der Waals surface area contributed by atoms with Crippen molar-refractivity contribution >= 4 is 5.91 Å². The molecule has 1 heterocycles. The molecule has 1 fully saturated rings. The lowest BCUT2D eigenvalue weighted by molar-refractivity contribution is 0.0942. The minimum atomic E-state index is -0.122. The van der Waals surface area contributed by atoms with Crippen molar-refractivity contribution in [3.8, 4) is 5.69 Å². The number of fused-ring (bicyclic) bond motifs is 3. The van der Waals surface area contributed by atoms with Gasteiger partial charge in [-0.2, -0.15) is 0 Å². The van der Waals surface area contributed by atoms with Gasteiger partial charge in [-0.25, -0.2) is 4.68 Å². The van der Waals surface area contributed by atoms with Gasteiger partial charge in [-0.1, -0.05) is 47.2 Å². The second-order valence-corrected chi connectivity index (χ2v) is 7.70. The van der Waals surface area contributed by atoms with Crippen molar-refractivity contribution in [3.05, 3.63) is 76.6 Å². The van der Waals surface area contributed by atoms with E-state index >= 15 is 0 Å². The van der Waals surface area contributed by atoms with E-state index in [0.717, 1.165) is 24.2 Å². The highest BCUT2D eigenvalue weighted by Crippen LogP contribution is 2.54. The highest BCUT2D eigenvalue weighted by atomic mass is 16.2. The monoisotopic (exact) mass is 358 g/mol. The summed E-state index contributed by atoms with van der Waals surface area (Å²) in [5.74, 6) is 0.880. The molecule has 1 amide bonds. The van der Waals surface area contributed by atoms with Gasteiger partial charge in [-0.3, -0.25) is 4.79 Å². The first kappa shape index (κ1) is 16.2. The lowest BCUT2D eigenvalue weighted by atomic mass is 9.92. The van der Waals surface area contributed by atoms with E-state index in [9.17, 15) is 4.79 Å². The fourth-order valence-electron chi connectivity index (χ4n) is 4.45. The maximum Gasteiger partial charge on any atom is 0.274 e. The number of aryl methyl sites for hydroxylation is 2. The zero-order valence-electron chi connectivity index (χ0n) is 15.5. The van der Waals surface area contributed by atoms with Crippen LogP contribution in [-0.2, 0) is 6.42 Å². The number of amides is 1. The maximum absolute atomic E-state index is 12.8. The molecule has 1 aromatic heterocycles. The molecule has 3 atom stereocenters. The SMILES string of the molecule is Cc1ccc(-n2nnc(C(=O)NC3C4CCc5ccccc5C43)c2C)cc1. The topological polar surface area (TPSA) is 59.8 Å². The fourth-order valence-corrected chi connectivity index (χ4v) is 4.45. The number of benzene rings is 2. The van der Waals surface area contributed by atoms with Crippen molar-refractivity contribution in [2.45, 2.75) is 38.6 Å². The van der Waals surface area contributed by atoms with Gasteiger partial charge in [-0.15, -0.1) is 5.10 Å². The van der Waals surface area contributed by atoms with Gasteiger partial charge in [0.05, 0.1) is 11.4 Å². The van der Waals surface area contributed by atoms with E-state index in [0.29, 0.717) is 17.5 Å². The van der Waals surface area contributed by atoms with Crippen LogP contribution in [0.25, 0.3) is 5.69 Å². The highest BCUT2D eigenvalue weighted by molar-refractivity contribution is 5.94. The van der Waals surface area contributed by atoms with E-state index in [2.05, 4.69) is 39.9 Å². The van der Waals surface area contributed by atoms with E-state index in [4.69, 9.17) is 0 Å². The molecule has 0 bridgehead atoms. The molecular formula is C22H22N4O. The summed E-state index contributed by atoms with van der Waals surface area (Å²) in [6.07, 6.45) is 2.24. The molecule has 0 spiro atoms. The van der Waals surface area contributed by atoms with E-state index in [1.54, 1.807) is 4.68 Å². The quantitative estimate of drug-likeness (QED) is 0.781. The second kappa shape index (κ2) is 6.05. The average molecular weight is 358 g/mol. The normalized spacial score (nSPS) is 22.7. The van der Waals surface area contributed by atoms with Gasteiger partial charge in [0, 0.05) is 12.0 Å². The van der Waals surface area contributed by atoms with Crippen molar-refractivity contribution in [2.75, 3.05) is 0 Å². The Balaban J connectivity index is 1.35. The van der Waals surface area contributed by atoms with E-state index in [1.807, 2.05) is 38.1 Å². The Labute approximate surface area is 158 Å². The Morgan fingerprint density at radius 3 is 2.70 bits per heavy atom. The van der Waals surface area contributed by atoms with Crippen LogP contribution in [0, 0.1) is 19.8 Å². The molecule has 5 heteroatoms. The summed E-state index contributed by atoms with van der Waals surface area (Å²) in [4.78, 5) is 12.8. The average Bonchev–Trinajstić information content (AvgIpc) is 3.25. The third-order valence-corrected chi connectivity index (χ3v) is 6.02. The number of rotatable bonds is 3. The predicted molar refractivity (Wildman–Crippen MR) is 103 cm³/mol. The molecule has 5 rings (SSSR count). The van der Waals surface area contributed by atoms with Crippen molar-refractivity contribution in [2.24, 2.45) is 5.92 Å². The molecule has 0 saturated heterocycles. The summed E-state index contributed by atoms with van der Waals surface area (Å²) in [6.45, 7) is 3.94. The van der Waals surface area contributed by atoms with Crippen LogP contribution in [0.1, 0.15) is 45.2 Å². The lowest BCUT2D eigenvalue weighted by Crippen LogP contribution is -2.28. The molecule has 136 valence electrons. The van der Waals surface area contributed by atoms with E-state index in [-0.39, 0.29) is 11.9 Å². The van der Waals surface area contributed by atoms with Crippen molar-refractivity contribution in [1.82, 2.24) is 20.3 Å². The van der Waals surface area contributed by atoms with Crippen LogP contribution in [0.4, 0.5) is 0 Å². The van der Waals surface area contributed by atoms with Gasteiger partial charge in [0.25, 0.3) is 5.91 Å². The maximum atomic E-state index is 12.8. The van der Waals surface area contributed by atoms with Gasteiger partial charge in [0.1, 0.15) is 0 Å². The zero-order chi connectivity index (χ0) is 18.5. The first-order valence-corrected chi connectivity index (χ1v) is 9.51. The van der Waals surface area contributed by atoms with Crippen LogP contribution in [0.2, 0.25) is 0 Å². The highest BCUT2D eigenvalue weighted by Gasteiger charge is 2.54. The van der Waals surface area contributed by atoms with Gasteiger partial charge in [0.2, 0.25) is 0 Å². The Morgan fingerprint density at radius 1 is 1.11 bits per heavy atom. The van der Waals surface area contributed by atoms with Crippen LogP contribution in [0.15, 0.2) is 48.5 Å². The van der Waals surface area contributed by atoms with E-state index in [1.165, 1.54) is 16.7 Å². The first-order chi connectivity index (χ1) is 13.1. The Bertz CT molecular complexity index is 1020. The Kier molecular flexibility index (Phi) is 3.64. The number of hydrogen-bond donors (Lipinski definition) is 1. The third kappa shape index (κ3) is 2.65. The van der Waals surface area contributed by atoms with Crippen LogP contribution in [-0.4, -0.2) is 26.9 Å². The van der Waals surface area contributed by atoms with Crippen LogP contribution in [0.3, 0.4) is 0 Å². The largest absolute Gasteiger partial charge is 0.347 e. The summed E-state index contributed by atoms with van der Waals surface area (Å²) in [6, 6.07) is 16.9. The molecule has 1 N–H and O–H groups in total. The number of carbonyl (C=O) groups is 1. The molecule has 2 aromatic carbocycles. The molecule has 3 aromatic rings. The van der Waals surface area contributed by atoms with Gasteiger partial charge < -0.3 is 5.32 Å². The number of carbonyl (C=O) groups excluding carboxylic acids is 1. The zero-order valence-corrected chi connectivity index (χ0v) is 15.5.